The van der Waals surface area contributed by atoms with E-state index in [-0.39, 0.29) is 22.3 Å². The van der Waals surface area contributed by atoms with Crippen molar-refractivity contribution < 1.29 is 0 Å². The molecule has 0 aliphatic rings. The van der Waals surface area contributed by atoms with Crippen molar-refractivity contribution in [3.8, 4) is 24.3 Å². The molecule has 3 aromatic rings. The van der Waals surface area contributed by atoms with Crippen LogP contribution in [0.2, 0.25) is 0 Å². The van der Waals surface area contributed by atoms with Crippen molar-refractivity contribution >= 4 is 28.2 Å². The lowest BCUT2D eigenvalue weighted by molar-refractivity contribution is 0.866. The van der Waals surface area contributed by atoms with Gasteiger partial charge in [-0.25, -0.2) is 0 Å². The van der Waals surface area contributed by atoms with Gasteiger partial charge in [-0.2, -0.15) is 31.3 Å². The number of benzene rings is 3. The first kappa shape index (κ1) is 26.1. The third-order valence-corrected chi connectivity index (χ3v) is 5.67. The molecule has 0 amide bonds. The summed E-state index contributed by atoms with van der Waals surface area (Å²) in [6, 6.07) is 31.0. The molecule has 3 aromatic carbocycles. The molecular weight excluding hydrogens is 458 g/mol. The minimum atomic E-state index is -0.204. The fraction of sp³-hybridized carbons (Fsp3) is 0.133. The van der Waals surface area contributed by atoms with E-state index in [9.17, 15) is 21.0 Å². The number of hydrogen-bond acceptors (Lipinski definition) is 7. The number of allylic oxidation sites excluding steroid dienone is 4. The first-order valence-electron chi connectivity index (χ1n) is 11.6. The van der Waals surface area contributed by atoms with E-state index in [1.807, 2.05) is 48.5 Å². The van der Waals surface area contributed by atoms with Crippen molar-refractivity contribution in [2.24, 2.45) is 10.2 Å². The first-order chi connectivity index (χ1) is 18.1. The van der Waals surface area contributed by atoms with Gasteiger partial charge >= 0.3 is 0 Å². The normalized spacial score (nSPS) is 9.89. The Labute approximate surface area is 216 Å². The van der Waals surface area contributed by atoms with E-state index < -0.39 is 0 Å². The van der Waals surface area contributed by atoms with Gasteiger partial charge in [-0.3, -0.25) is 0 Å². The van der Waals surface area contributed by atoms with Gasteiger partial charge in [-0.05, 0) is 61.4 Å². The maximum absolute atomic E-state index is 9.68. The van der Waals surface area contributed by atoms with Crippen LogP contribution >= 0.6 is 0 Å². The molecule has 7 heteroatoms. The Morgan fingerprint density at radius 2 is 1.00 bits per heavy atom. The molecule has 0 radical (unpaired) electrons. The number of nitrogens with zero attached hydrogens (tertiary/aromatic N) is 7. The van der Waals surface area contributed by atoms with Gasteiger partial charge < -0.3 is 4.90 Å². The van der Waals surface area contributed by atoms with Crippen LogP contribution in [0.15, 0.2) is 100 Å². The Bertz CT molecular complexity index is 1460. The molecule has 0 fully saturated rings. The molecule has 0 N–H and O–H groups in total. The average Bonchev–Trinajstić information content (AvgIpc) is 2.96. The predicted octanol–water partition coefficient (Wildman–Crippen LogP) is 7.25. The van der Waals surface area contributed by atoms with Crippen LogP contribution in [0, 0.1) is 45.3 Å². The standard InChI is InChI=1S/C30H23N7/c1-3-37(4-2)28-16-14-27(15-17-28)36-35-26-12-10-23(11-13-26)30(25(20-33)21-34)29(24(18-31)19-32)22-8-6-5-7-9-22/h5-17H,3-4H2,1-2H3. The zero-order valence-corrected chi connectivity index (χ0v) is 20.6. The third kappa shape index (κ3) is 6.14. The molecule has 0 aliphatic carbocycles. The van der Waals surface area contributed by atoms with Crippen molar-refractivity contribution in [3.63, 3.8) is 0 Å². The molecule has 0 aliphatic heterocycles. The SMILES string of the molecule is CCN(CC)c1ccc(N=Nc2ccc(C(=C(C#N)C#N)C(=C(C#N)C#N)c3ccccc3)cc2)cc1. The van der Waals surface area contributed by atoms with Gasteiger partial charge in [-0.15, -0.1) is 0 Å². The fourth-order valence-corrected chi connectivity index (χ4v) is 3.83. The highest BCUT2D eigenvalue weighted by Gasteiger charge is 2.20. The number of azo groups is 1. The summed E-state index contributed by atoms with van der Waals surface area (Å²) in [7, 11) is 0. The van der Waals surface area contributed by atoms with Gasteiger partial charge in [0.15, 0.2) is 0 Å². The lowest BCUT2D eigenvalue weighted by atomic mass is 9.86. The Morgan fingerprint density at radius 3 is 1.41 bits per heavy atom. The summed E-state index contributed by atoms with van der Waals surface area (Å²) in [6.45, 7) is 6.06. The Balaban J connectivity index is 2.01. The van der Waals surface area contributed by atoms with Crippen molar-refractivity contribution in [2.45, 2.75) is 13.8 Å². The monoisotopic (exact) mass is 481 g/mol. The molecular formula is C30H23N7. The number of hydrogen-bond donors (Lipinski definition) is 0. The molecule has 0 aromatic heterocycles. The van der Waals surface area contributed by atoms with E-state index in [1.54, 1.807) is 54.6 Å². The van der Waals surface area contributed by atoms with E-state index in [2.05, 4.69) is 29.0 Å². The van der Waals surface area contributed by atoms with Crippen molar-refractivity contribution in [1.29, 1.82) is 21.0 Å². The second-order valence-corrected chi connectivity index (χ2v) is 7.75. The zero-order valence-electron chi connectivity index (χ0n) is 20.6. The van der Waals surface area contributed by atoms with E-state index in [1.165, 1.54) is 0 Å². The minimum Gasteiger partial charge on any atom is -0.372 e. The summed E-state index contributed by atoms with van der Waals surface area (Å²) in [5, 5.41) is 47.2. The summed E-state index contributed by atoms with van der Waals surface area (Å²) in [5.74, 6) is 0. The van der Waals surface area contributed by atoms with E-state index >= 15 is 0 Å². The molecule has 37 heavy (non-hydrogen) atoms. The van der Waals surface area contributed by atoms with Gasteiger partial charge in [0.2, 0.25) is 0 Å². The number of nitriles is 4. The van der Waals surface area contributed by atoms with Gasteiger partial charge in [0.25, 0.3) is 0 Å². The Morgan fingerprint density at radius 1 is 0.595 bits per heavy atom. The van der Waals surface area contributed by atoms with Gasteiger partial charge in [-0.1, -0.05) is 42.5 Å². The lowest BCUT2D eigenvalue weighted by Gasteiger charge is -2.20. The van der Waals surface area contributed by atoms with E-state index in [4.69, 9.17) is 0 Å². The molecule has 0 heterocycles. The smallest absolute Gasteiger partial charge is 0.138 e. The van der Waals surface area contributed by atoms with Crippen LogP contribution in [0.4, 0.5) is 17.1 Å². The number of anilines is 1. The molecule has 178 valence electrons. The summed E-state index contributed by atoms with van der Waals surface area (Å²) in [5.41, 5.74) is 3.49. The van der Waals surface area contributed by atoms with Crippen LogP contribution in [0.25, 0.3) is 11.1 Å². The molecule has 0 bridgehead atoms. The second kappa shape index (κ2) is 12.8. The van der Waals surface area contributed by atoms with Crippen LogP contribution in [0.3, 0.4) is 0 Å². The second-order valence-electron chi connectivity index (χ2n) is 7.75. The quantitative estimate of drug-likeness (QED) is 0.190. The Kier molecular flexibility index (Phi) is 9.05. The highest BCUT2D eigenvalue weighted by Crippen LogP contribution is 2.37. The maximum atomic E-state index is 9.68. The zero-order chi connectivity index (χ0) is 26.6. The van der Waals surface area contributed by atoms with Crippen molar-refractivity contribution in [2.75, 3.05) is 18.0 Å². The van der Waals surface area contributed by atoms with Crippen LogP contribution in [0.1, 0.15) is 25.0 Å². The summed E-state index contributed by atoms with van der Waals surface area (Å²) >= 11 is 0. The Hall–Kier alpha value is -5.50. The maximum Gasteiger partial charge on any atom is 0.138 e. The third-order valence-electron chi connectivity index (χ3n) is 5.67. The van der Waals surface area contributed by atoms with E-state index in [0.29, 0.717) is 22.5 Å². The van der Waals surface area contributed by atoms with Gasteiger partial charge in [0, 0.05) is 29.9 Å². The van der Waals surface area contributed by atoms with Crippen molar-refractivity contribution in [1.82, 2.24) is 0 Å². The highest BCUT2D eigenvalue weighted by molar-refractivity contribution is 6.11. The first-order valence-corrected chi connectivity index (χ1v) is 11.6. The largest absolute Gasteiger partial charge is 0.372 e. The van der Waals surface area contributed by atoms with Crippen LogP contribution < -0.4 is 4.90 Å². The molecule has 3 rings (SSSR count). The van der Waals surface area contributed by atoms with Gasteiger partial charge in [0.05, 0.1) is 11.4 Å². The molecule has 0 atom stereocenters. The predicted molar refractivity (Wildman–Crippen MR) is 143 cm³/mol. The topological polar surface area (TPSA) is 123 Å². The summed E-state index contributed by atoms with van der Waals surface area (Å²) in [4.78, 5) is 2.24. The molecule has 0 unspecified atom stereocenters. The molecule has 0 saturated carbocycles. The van der Waals surface area contributed by atoms with E-state index in [0.717, 1.165) is 18.8 Å². The molecule has 0 spiro atoms. The molecule has 0 saturated heterocycles. The molecule has 7 nitrogen and oxygen atoms in total. The van der Waals surface area contributed by atoms with Crippen LogP contribution in [0.5, 0.6) is 0 Å². The van der Waals surface area contributed by atoms with Crippen LogP contribution in [-0.4, -0.2) is 13.1 Å². The van der Waals surface area contributed by atoms with Crippen molar-refractivity contribution in [3.05, 3.63) is 101 Å². The fourth-order valence-electron chi connectivity index (χ4n) is 3.83. The lowest BCUT2D eigenvalue weighted by Crippen LogP contribution is -2.21. The average molecular weight is 482 g/mol. The highest BCUT2D eigenvalue weighted by atomic mass is 15.1. The van der Waals surface area contributed by atoms with Crippen LogP contribution in [-0.2, 0) is 0 Å². The summed E-state index contributed by atoms with van der Waals surface area (Å²) in [6.07, 6.45) is 0. The number of rotatable bonds is 8. The summed E-state index contributed by atoms with van der Waals surface area (Å²) < 4.78 is 0. The van der Waals surface area contributed by atoms with Gasteiger partial charge in [0.1, 0.15) is 35.4 Å². The minimum absolute atomic E-state index is 0.193.